The lowest BCUT2D eigenvalue weighted by Crippen LogP contribution is -2.56. The van der Waals surface area contributed by atoms with Crippen LogP contribution in [0.3, 0.4) is 0 Å². The van der Waals surface area contributed by atoms with Gasteiger partial charge in [0, 0.05) is 18.8 Å². The molecule has 34 heavy (non-hydrogen) atoms. The van der Waals surface area contributed by atoms with Crippen LogP contribution in [0.25, 0.3) is 0 Å². The molecule has 1 fully saturated rings. The van der Waals surface area contributed by atoms with Crippen LogP contribution in [-0.2, 0) is 19.1 Å². The number of benzene rings is 1. The molecule has 2 aromatic rings. The second-order valence-corrected chi connectivity index (χ2v) is 7.77. The third-order valence-corrected chi connectivity index (χ3v) is 5.58. The first-order chi connectivity index (χ1) is 16.3. The number of nitrogens with zero attached hydrogens (tertiary/aromatic N) is 3. The van der Waals surface area contributed by atoms with Crippen molar-refractivity contribution in [1.82, 2.24) is 20.1 Å². The molecule has 11 nitrogen and oxygen atoms in total. The first-order valence-electron chi connectivity index (χ1n) is 10.5. The molecule has 2 atom stereocenters. The van der Waals surface area contributed by atoms with E-state index in [-0.39, 0.29) is 29.5 Å². The van der Waals surface area contributed by atoms with E-state index in [2.05, 4.69) is 10.3 Å². The summed E-state index contributed by atoms with van der Waals surface area (Å²) in [6, 6.07) is 7.03. The zero-order valence-electron chi connectivity index (χ0n) is 18.1. The van der Waals surface area contributed by atoms with Crippen molar-refractivity contribution >= 4 is 35.5 Å². The van der Waals surface area contributed by atoms with E-state index in [1.807, 2.05) is 0 Å². The van der Waals surface area contributed by atoms with Crippen molar-refractivity contribution in [3.05, 3.63) is 65.5 Å². The fourth-order valence-electron chi connectivity index (χ4n) is 3.78. The second kappa shape index (κ2) is 9.22. The molecular weight excluding hydrogens is 444 g/mol. The molecule has 0 radical (unpaired) electrons. The summed E-state index contributed by atoms with van der Waals surface area (Å²) in [5.74, 6) is -4.06. The van der Waals surface area contributed by atoms with E-state index in [0.29, 0.717) is 4.90 Å². The number of likely N-dealkylation sites (tertiary alicyclic amines) is 1. The minimum Gasteiger partial charge on any atom is -0.442 e. The van der Waals surface area contributed by atoms with Crippen molar-refractivity contribution in [3.8, 4) is 0 Å². The molecule has 174 valence electrons. The molecule has 5 amide bonds. The minimum atomic E-state index is -1.19. The lowest BCUT2D eigenvalue weighted by Gasteiger charge is -2.34. The summed E-state index contributed by atoms with van der Waals surface area (Å²) in [6.45, 7) is 0.682. The highest BCUT2D eigenvalue weighted by Gasteiger charge is 2.47. The molecule has 3 heterocycles. The van der Waals surface area contributed by atoms with Gasteiger partial charge in [0.1, 0.15) is 12.1 Å². The van der Waals surface area contributed by atoms with Gasteiger partial charge in [0.05, 0.1) is 16.7 Å². The molecule has 0 spiro atoms. The van der Waals surface area contributed by atoms with Gasteiger partial charge in [-0.3, -0.25) is 33.9 Å². The summed E-state index contributed by atoms with van der Waals surface area (Å²) in [4.78, 5) is 80.7. The molecule has 2 aliphatic rings. The van der Waals surface area contributed by atoms with Gasteiger partial charge >= 0.3 is 5.97 Å². The number of hydrogen-bond acceptors (Lipinski definition) is 8. The second-order valence-electron chi connectivity index (χ2n) is 7.77. The Morgan fingerprint density at radius 3 is 2.38 bits per heavy atom. The first-order valence-corrected chi connectivity index (χ1v) is 10.5. The smallest absolute Gasteiger partial charge is 0.330 e. The minimum absolute atomic E-state index is 0.0227. The number of carbonyl (C=O) groups is 6. The molecule has 4 rings (SSSR count). The third-order valence-electron chi connectivity index (χ3n) is 5.58. The molecule has 0 saturated carbocycles. The summed E-state index contributed by atoms with van der Waals surface area (Å²) in [5.41, 5.74) is 0.619. The van der Waals surface area contributed by atoms with Crippen LogP contribution in [-0.4, -0.2) is 69.1 Å². The number of imide groups is 2. The number of rotatable bonds is 6. The van der Waals surface area contributed by atoms with Gasteiger partial charge in [-0.05, 0) is 37.6 Å². The van der Waals surface area contributed by atoms with Crippen LogP contribution in [0.1, 0.15) is 50.8 Å². The summed E-state index contributed by atoms with van der Waals surface area (Å²) >= 11 is 0. The number of nitrogens with one attached hydrogen (secondary N) is 1. The van der Waals surface area contributed by atoms with Gasteiger partial charge in [-0.2, -0.15) is 0 Å². The predicted octanol–water partition coefficient (Wildman–Crippen LogP) is 0.514. The number of amides is 5. The van der Waals surface area contributed by atoms with Crippen LogP contribution in [0.5, 0.6) is 0 Å². The van der Waals surface area contributed by atoms with Gasteiger partial charge in [-0.1, -0.05) is 12.1 Å². The number of carbonyl (C=O) groups excluding carboxylic acids is 6. The maximum atomic E-state index is 13.0. The molecular formula is C23H20N4O7. The van der Waals surface area contributed by atoms with Gasteiger partial charge in [-0.25, -0.2) is 9.69 Å². The van der Waals surface area contributed by atoms with Crippen LogP contribution in [0.2, 0.25) is 0 Å². The topological polar surface area (TPSA) is 143 Å². The normalized spacial score (nSPS) is 18.6. The quantitative estimate of drug-likeness (QED) is 0.481. The number of pyridine rings is 1. The number of piperidine rings is 1. The van der Waals surface area contributed by atoms with E-state index in [1.54, 1.807) is 18.2 Å². The number of aromatic nitrogens is 1. The number of hydrogen-bond donors (Lipinski definition) is 1. The average molecular weight is 464 g/mol. The maximum Gasteiger partial charge on any atom is 0.330 e. The Hall–Kier alpha value is -4.41. The maximum absolute atomic E-state index is 13.0. The van der Waals surface area contributed by atoms with Gasteiger partial charge in [0.15, 0.2) is 6.73 Å². The fourth-order valence-corrected chi connectivity index (χ4v) is 3.78. The van der Waals surface area contributed by atoms with Gasteiger partial charge in [0.2, 0.25) is 5.91 Å². The van der Waals surface area contributed by atoms with Crippen molar-refractivity contribution in [1.29, 1.82) is 0 Å². The Morgan fingerprint density at radius 1 is 1.09 bits per heavy atom. The summed E-state index contributed by atoms with van der Waals surface area (Å²) < 4.78 is 5.07. The van der Waals surface area contributed by atoms with Crippen LogP contribution >= 0.6 is 0 Å². The van der Waals surface area contributed by atoms with E-state index in [4.69, 9.17) is 4.74 Å². The summed E-state index contributed by atoms with van der Waals surface area (Å²) in [5, 5.41) is 2.44. The van der Waals surface area contributed by atoms with E-state index >= 15 is 0 Å². The van der Waals surface area contributed by atoms with E-state index < -0.39 is 54.3 Å². The molecule has 0 bridgehead atoms. The van der Waals surface area contributed by atoms with Crippen LogP contribution in [0, 0.1) is 0 Å². The van der Waals surface area contributed by atoms with E-state index in [1.165, 1.54) is 37.5 Å². The Bertz CT molecular complexity index is 1160. The molecule has 1 aromatic heterocycles. The highest BCUT2D eigenvalue weighted by Crippen LogP contribution is 2.29. The fraction of sp³-hybridized carbons (Fsp3) is 0.261. The highest BCUT2D eigenvalue weighted by atomic mass is 16.5. The number of fused-ring (bicyclic) bond motifs is 1. The molecule has 11 heteroatoms. The van der Waals surface area contributed by atoms with Crippen molar-refractivity contribution in [2.24, 2.45) is 0 Å². The predicted molar refractivity (Wildman–Crippen MR) is 114 cm³/mol. The zero-order chi connectivity index (χ0) is 24.4. The SMILES string of the molecule is C[C@H](NC(=O)c1cccnc1)C(=O)OCN1C(=O)CCC(N2C(=O)c3ccccc3C2=O)C1=O. The third kappa shape index (κ3) is 4.15. The Kier molecular flexibility index (Phi) is 6.17. The molecule has 1 unspecified atom stereocenters. The average Bonchev–Trinajstić information content (AvgIpc) is 3.09. The van der Waals surface area contributed by atoms with Gasteiger partial charge in [-0.15, -0.1) is 0 Å². The number of esters is 1. The summed E-state index contributed by atoms with van der Waals surface area (Å²) in [6.07, 6.45) is 2.69. The lowest BCUT2D eigenvalue weighted by atomic mass is 10.0. The number of ether oxygens (including phenoxy) is 1. The molecule has 2 aliphatic heterocycles. The van der Waals surface area contributed by atoms with E-state index in [0.717, 1.165) is 4.90 Å². The van der Waals surface area contributed by atoms with Crippen LogP contribution in [0.15, 0.2) is 48.8 Å². The molecule has 1 N–H and O–H groups in total. The lowest BCUT2D eigenvalue weighted by molar-refractivity contribution is -0.164. The van der Waals surface area contributed by atoms with Crippen LogP contribution in [0.4, 0.5) is 0 Å². The Balaban J connectivity index is 1.39. The molecule has 0 aliphatic carbocycles. The molecule has 1 saturated heterocycles. The Labute approximate surface area is 193 Å². The van der Waals surface area contributed by atoms with Gasteiger partial charge in [0.25, 0.3) is 23.6 Å². The van der Waals surface area contributed by atoms with Crippen molar-refractivity contribution in [3.63, 3.8) is 0 Å². The Morgan fingerprint density at radius 2 is 1.76 bits per heavy atom. The first kappa shape index (κ1) is 22.8. The zero-order valence-corrected chi connectivity index (χ0v) is 18.1. The van der Waals surface area contributed by atoms with Crippen molar-refractivity contribution < 1.29 is 33.5 Å². The monoisotopic (exact) mass is 464 g/mol. The van der Waals surface area contributed by atoms with E-state index in [9.17, 15) is 28.8 Å². The van der Waals surface area contributed by atoms with Gasteiger partial charge < -0.3 is 10.1 Å². The van der Waals surface area contributed by atoms with Crippen LogP contribution < -0.4 is 5.32 Å². The standard InChI is InChI=1S/C23H20N4O7/c1-13(25-19(29)14-5-4-10-24-11-14)23(33)34-12-26-18(28)9-8-17(22(26)32)27-20(30)15-6-2-3-7-16(15)21(27)31/h2-7,10-11,13,17H,8-9,12H2,1H3,(H,25,29)/t13-,17?/m0/s1. The summed E-state index contributed by atoms with van der Waals surface area (Å²) in [7, 11) is 0. The van der Waals surface area contributed by atoms with Crippen molar-refractivity contribution in [2.75, 3.05) is 6.73 Å². The van der Waals surface area contributed by atoms with Crippen molar-refractivity contribution in [2.45, 2.75) is 31.8 Å². The largest absolute Gasteiger partial charge is 0.442 e. The molecule has 1 aromatic carbocycles. The highest BCUT2D eigenvalue weighted by molar-refractivity contribution is 6.23.